The molecule has 7 rings (SSSR count). The average Bonchev–Trinajstić information content (AvgIpc) is 3.20. The SMILES string of the molecule is COc1cc(/C=C2\SC(=O)N(CC(=O)c3ccc([N+](=O)[O-])cc3)C2=O)ccc1OC(=O)C12CC3CC(CC(C3)C1)C2. The van der Waals surface area contributed by atoms with Gasteiger partial charge in [-0.1, -0.05) is 6.07 Å². The second-order valence-corrected chi connectivity index (χ2v) is 12.5. The Kier molecular flexibility index (Phi) is 6.93. The van der Waals surface area contributed by atoms with E-state index in [0.717, 1.165) is 24.2 Å². The predicted molar refractivity (Wildman–Crippen MR) is 149 cm³/mol. The first-order valence-electron chi connectivity index (χ1n) is 13.6. The Labute approximate surface area is 240 Å². The highest BCUT2D eigenvalue weighted by molar-refractivity contribution is 8.18. The Morgan fingerprint density at radius 3 is 2.24 bits per heavy atom. The first-order chi connectivity index (χ1) is 19.6. The summed E-state index contributed by atoms with van der Waals surface area (Å²) in [6.45, 7) is -0.484. The number of esters is 1. The fourth-order valence-electron chi connectivity index (χ4n) is 7.22. The third kappa shape index (κ3) is 5.14. The van der Waals surface area contributed by atoms with Crippen LogP contribution in [0.3, 0.4) is 0 Å². The number of nitrogens with zero attached hydrogens (tertiary/aromatic N) is 2. The number of hydrogen-bond donors (Lipinski definition) is 0. The highest BCUT2D eigenvalue weighted by atomic mass is 32.2. The molecule has 0 N–H and O–H groups in total. The van der Waals surface area contributed by atoms with Gasteiger partial charge in [-0.3, -0.25) is 34.2 Å². The Morgan fingerprint density at radius 1 is 1.02 bits per heavy atom. The molecule has 1 aliphatic heterocycles. The first-order valence-corrected chi connectivity index (χ1v) is 14.4. The highest BCUT2D eigenvalue weighted by Crippen LogP contribution is 2.60. The molecule has 0 radical (unpaired) electrons. The van der Waals surface area contributed by atoms with Crippen molar-refractivity contribution in [2.75, 3.05) is 13.7 Å². The number of Topliss-reactive ketones (excluding diaryl/α,β-unsaturated/α-hetero) is 1. The number of ketones is 1. The van der Waals surface area contributed by atoms with Crippen molar-refractivity contribution in [3.8, 4) is 11.5 Å². The standard InChI is InChI=1S/C30H28N2O8S/c1-39-25-11-17(2-7-24(25)40-28(35)30-13-18-8-19(14-30)10-20(9-18)15-30)12-26-27(34)31(29(36)41-26)16-23(33)21-3-5-22(6-4-21)32(37)38/h2-7,11-12,18-20H,8-10,13-16H2,1H3/b26-12-. The van der Waals surface area contributed by atoms with Crippen LogP contribution in [0.1, 0.15) is 54.4 Å². The Bertz CT molecular complexity index is 1460. The summed E-state index contributed by atoms with van der Waals surface area (Å²) in [5, 5.41) is 10.2. The third-order valence-electron chi connectivity index (χ3n) is 8.73. The number of ether oxygens (including phenoxy) is 2. The molecule has 2 aromatic carbocycles. The van der Waals surface area contributed by atoms with Gasteiger partial charge in [0.15, 0.2) is 17.3 Å². The van der Waals surface area contributed by atoms with Crippen LogP contribution in [-0.2, 0) is 9.59 Å². The van der Waals surface area contributed by atoms with E-state index in [2.05, 4.69) is 0 Å². The molecule has 2 amide bonds. The number of non-ortho nitro benzene ring substituents is 1. The largest absolute Gasteiger partial charge is 0.493 e. The monoisotopic (exact) mass is 576 g/mol. The second kappa shape index (κ2) is 10.4. The van der Waals surface area contributed by atoms with E-state index >= 15 is 0 Å². The summed E-state index contributed by atoms with van der Waals surface area (Å²) in [5.41, 5.74) is 0.133. The molecule has 4 saturated carbocycles. The molecular weight excluding hydrogens is 548 g/mol. The van der Waals surface area contributed by atoms with E-state index in [0.29, 0.717) is 46.6 Å². The molecule has 1 heterocycles. The molecule has 0 unspecified atom stereocenters. The highest BCUT2D eigenvalue weighted by Gasteiger charge is 2.55. The molecule has 2 aromatic rings. The number of imide groups is 1. The van der Waals surface area contributed by atoms with E-state index in [1.165, 1.54) is 56.7 Å². The molecule has 4 aliphatic carbocycles. The van der Waals surface area contributed by atoms with E-state index < -0.39 is 33.8 Å². The van der Waals surface area contributed by atoms with E-state index in [1.54, 1.807) is 18.2 Å². The number of nitro benzene ring substituents is 1. The summed E-state index contributed by atoms with van der Waals surface area (Å²) in [5.74, 6) is 1.15. The lowest BCUT2D eigenvalue weighted by Gasteiger charge is -2.55. The number of carbonyl (C=O) groups excluding carboxylic acids is 4. The van der Waals surface area contributed by atoms with Gasteiger partial charge in [-0.15, -0.1) is 0 Å². The third-order valence-corrected chi connectivity index (χ3v) is 9.64. The number of thioether (sulfide) groups is 1. The maximum Gasteiger partial charge on any atom is 0.317 e. The van der Waals surface area contributed by atoms with Crippen LogP contribution in [0.25, 0.3) is 6.08 Å². The molecular formula is C30H28N2O8S. The summed E-state index contributed by atoms with van der Waals surface area (Å²) in [4.78, 5) is 62.8. The Morgan fingerprint density at radius 2 is 1.66 bits per heavy atom. The van der Waals surface area contributed by atoms with Crippen LogP contribution in [0, 0.1) is 33.3 Å². The van der Waals surface area contributed by atoms with Crippen LogP contribution in [0.5, 0.6) is 11.5 Å². The maximum absolute atomic E-state index is 13.4. The molecule has 0 atom stereocenters. The van der Waals surface area contributed by atoms with Gasteiger partial charge in [0.1, 0.15) is 0 Å². The van der Waals surface area contributed by atoms with Gasteiger partial charge in [-0.05, 0) is 104 Å². The smallest absolute Gasteiger partial charge is 0.317 e. The molecule has 5 aliphatic rings. The minimum atomic E-state index is -0.619. The van der Waals surface area contributed by atoms with Crippen LogP contribution in [0.2, 0.25) is 0 Å². The van der Waals surface area contributed by atoms with Gasteiger partial charge < -0.3 is 9.47 Å². The zero-order valence-corrected chi connectivity index (χ0v) is 23.2. The molecule has 5 fully saturated rings. The number of benzene rings is 2. The summed E-state index contributed by atoms with van der Waals surface area (Å²) >= 11 is 0.711. The van der Waals surface area contributed by atoms with E-state index in [4.69, 9.17) is 9.47 Å². The average molecular weight is 577 g/mol. The Balaban J connectivity index is 1.14. The van der Waals surface area contributed by atoms with Crippen molar-refractivity contribution in [1.29, 1.82) is 0 Å². The van der Waals surface area contributed by atoms with Gasteiger partial charge in [-0.2, -0.15) is 0 Å². The van der Waals surface area contributed by atoms with Gasteiger partial charge >= 0.3 is 5.97 Å². The predicted octanol–water partition coefficient (Wildman–Crippen LogP) is 5.64. The summed E-state index contributed by atoms with van der Waals surface area (Å²) < 4.78 is 11.4. The zero-order chi connectivity index (χ0) is 28.9. The van der Waals surface area contributed by atoms with Gasteiger partial charge in [-0.25, -0.2) is 0 Å². The second-order valence-electron chi connectivity index (χ2n) is 11.5. The maximum atomic E-state index is 13.4. The first kappa shape index (κ1) is 27.2. The molecule has 212 valence electrons. The number of amides is 2. The molecule has 41 heavy (non-hydrogen) atoms. The summed E-state index contributed by atoms with van der Waals surface area (Å²) in [7, 11) is 1.47. The minimum absolute atomic E-state index is 0.131. The van der Waals surface area contributed by atoms with E-state index in [-0.39, 0.29) is 22.1 Å². The van der Waals surface area contributed by atoms with Crippen LogP contribution in [0.15, 0.2) is 47.4 Å². The number of carbonyl (C=O) groups is 4. The van der Waals surface area contributed by atoms with Gasteiger partial charge in [0, 0.05) is 17.7 Å². The van der Waals surface area contributed by atoms with Crippen molar-refractivity contribution in [3.63, 3.8) is 0 Å². The van der Waals surface area contributed by atoms with Crippen molar-refractivity contribution in [2.24, 2.45) is 23.2 Å². The molecule has 4 bridgehead atoms. The molecule has 10 nitrogen and oxygen atoms in total. The topological polar surface area (TPSA) is 133 Å². The van der Waals surface area contributed by atoms with Crippen LogP contribution >= 0.6 is 11.8 Å². The lowest BCUT2D eigenvalue weighted by atomic mass is 9.49. The van der Waals surface area contributed by atoms with Crippen molar-refractivity contribution < 1.29 is 33.6 Å². The fourth-order valence-corrected chi connectivity index (χ4v) is 8.06. The quantitative estimate of drug-likeness (QED) is 0.0977. The van der Waals surface area contributed by atoms with Gasteiger partial charge in [0.25, 0.3) is 16.8 Å². The zero-order valence-electron chi connectivity index (χ0n) is 22.4. The fraction of sp³-hybridized carbons (Fsp3) is 0.400. The lowest BCUT2D eigenvalue weighted by Crippen LogP contribution is -2.51. The van der Waals surface area contributed by atoms with E-state index in [9.17, 15) is 29.3 Å². The molecule has 0 spiro atoms. The summed E-state index contributed by atoms with van der Waals surface area (Å²) in [6, 6.07) is 9.92. The van der Waals surface area contributed by atoms with Crippen LogP contribution < -0.4 is 9.47 Å². The normalized spacial score (nSPS) is 27.4. The number of rotatable bonds is 8. The van der Waals surface area contributed by atoms with Crippen molar-refractivity contribution in [3.05, 3.63) is 68.6 Å². The number of hydrogen-bond acceptors (Lipinski definition) is 9. The summed E-state index contributed by atoms with van der Waals surface area (Å²) in [6.07, 6.45) is 7.86. The minimum Gasteiger partial charge on any atom is -0.493 e. The molecule has 1 saturated heterocycles. The van der Waals surface area contributed by atoms with E-state index in [1.807, 2.05) is 0 Å². The van der Waals surface area contributed by atoms with Crippen molar-refractivity contribution in [1.82, 2.24) is 4.90 Å². The van der Waals surface area contributed by atoms with Gasteiger partial charge in [0.2, 0.25) is 0 Å². The van der Waals surface area contributed by atoms with Gasteiger partial charge in [0.05, 0.1) is 28.9 Å². The number of methoxy groups -OCH3 is 1. The van der Waals surface area contributed by atoms with Crippen LogP contribution in [-0.4, -0.2) is 46.4 Å². The number of nitro groups is 1. The lowest BCUT2D eigenvalue weighted by molar-refractivity contribution is -0.384. The Hall–Kier alpha value is -3.99. The van der Waals surface area contributed by atoms with Crippen LogP contribution in [0.4, 0.5) is 10.5 Å². The molecule has 0 aromatic heterocycles. The molecule has 11 heteroatoms. The van der Waals surface area contributed by atoms with Crippen molar-refractivity contribution >= 4 is 46.4 Å². The van der Waals surface area contributed by atoms with Crippen molar-refractivity contribution in [2.45, 2.75) is 38.5 Å².